The quantitative estimate of drug-likeness (QED) is 0.863. The molecule has 0 radical (unpaired) electrons. The number of nitrogens with one attached hydrogen (secondary N) is 1. The van der Waals surface area contributed by atoms with Crippen LogP contribution in [0.1, 0.15) is 42.5 Å². The van der Waals surface area contributed by atoms with E-state index in [9.17, 15) is 9.18 Å². The zero-order chi connectivity index (χ0) is 14.6. The molecule has 110 valence electrons. The Morgan fingerprint density at radius 3 is 2.70 bits per heavy atom. The number of halogens is 2. The second kappa shape index (κ2) is 6.94. The van der Waals surface area contributed by atoms with Crippen molar-refractivity contribution in [3.63, 3.8) is 0 Å². The number of hydrogen-bond donors (Lipinski definition) is 1. The summed E-state index contributed by atoms with van der Waals surface area (Å²) in [6, 6.07) is 4.35. The minimum absolute atomic E-state index is 0.135. The zero-order valence-electron chi connectivity index (χ0n) is 11.5. The Balaban J connectivity index is 1.98. The van der Waals surface area contributed by atoms with Gasteiger partial charge in [-0.15, -0.1) is 0 Å². The zero-order valence-corrected chi connectivity index (χ0v) is 13.9. The standard InChI is InChI=1S/C15H19BrFNOS/c1-20-15(7-3-2-4-8-15)10-18-14(19)11-5-6-13(17)12(16)9-11/h5-6,9H,2-4,7-8,10H2,1H3,(H,18,19). The maximum atomic E-state index is 13.2. The smallest absolute Gasteiger partial charge is 0.251 e. The van der Waals surface area contributed by atoms with Gasteiger partial charge in [-0.1, -0.05) is 19.3 Å². The lowest BCUT2D eigenvalue weighted by Gasteiger charge is -2.35. The topological polar surface area (TPSA) is 29.1 Å². The number of rotatable bonds is 4. The molecule has 1 saturated carbocycles. The van der Waals surface area contributed by atoms with Gasteiger partial charge in [-0.3, -0.25) is 4.79 Å². The summed E-state index contributed by atoms with van der Waals surface area (Å²) in [6.45, 7) is 0.683. The Labute approximate surface area is 132 Å². The van der Waals surface area contributed by atoms with Crippen LogP contribution in [0.4, 0.5) is 4.39 Å². The molecular weight excluding hydrogens is 341 g/mol. The fourth-order valence-corrected chi connectivity index (χ4v) is 3.92. The number of benzene rings is 1. The lowest BCUT2D eigenvalue weighted by Crippen LogP contribution is -2.41. The Hall–Kier alpha value is -0.550. The van der Waals surface area contributed by atoms with Gasteiger partial charge in [0, 0.05) is 16.9 Å². The highest BCUT2D eigenvalue weighted by Gasteiger charge is 2.31. The van der Waals surface area contributed by atoms with E-state index in [-0.39, 0.29) is 16.5 Å². The molecule has 2 rings (SSSR count). The second-order valence-corrected chi connectivity index (χ2v) is 7.39. The van der Waals surface area contributed by atoms with Crippen molar-refractivity contribution in [2.75, 3.05) is 12.8 Å². The lowest BCUT2D eigenvalue weighted by molar-refractivity contribution is 0.0947. The van der Waals surface area contributed by atoms with Crippen LogP contribution in [-0.2, 0) is 0 Å². The Morgan fingerprint density at radius 2 is 2.10 bits per heavy atom. The van der Waals surface area contributed by atoms with Gasteiger partial charge >= 0.3 is 0 Å². The van der Waals surface area contributed by atoms with E-state index >= 15 is 0 Å². The molecule has 0 atom stereocenters. The molecule has 2 nitrogen and oxygen atoms in total. The van der Waals surface area contributed by atoms with Crippen molar-refractivity contribution in [2.24, 2.45) is 0 Å². The van der Waals surface area contributed by atoms with Crippen LogP contribution in [0.5, 0.6) is 0 Å². The van der Waals surface area contributed by atoms with Crippen LogP contribution in [0.15, 0.2) is 22.7 Å². The summed E-state index contributed by atoms with van der Waals surface area (Å²) >= 11 is 4.96. The average molecular weight is 360 g/mol. The molecule has 0 saturated heterocycles. The third-order valence-electron chi connectivity index (χ3n) is 3.95. The van der Waals surface area contributed by atoms with E-state index in [1.54, 1.807) is 0 Å². The van der Waals surface area contributed by atoms with Gasteiger partial charge in [0.25, 0.3) is 5.91 Å². The molecule has 1 N–H and O–H groups in total. The molecule has 5 heteroatoms. The van der Waals surface area contributed by atoms with Crippen LogP contribution in [0, 0.1) is 5.82 Å². The second-order valence-electron chi connectivity index (χ2n) is 5.26. The van der Waals surface area contributed by atoms with Gasteiger partial charge in [0.15, 0.2) is 0 Å². The number of carbonyl (C=O) groups excluding carboxylic acids is 1. The van der Waals surface area contributed by atoms with Crippen LogP contribution < -0.4 is 5.32 Å². The number of carbonyl (C=O) groups is 1. The molecule has 1 aromatic carbocycles. The van der Waals surface area contributed by atoms with Crippen molar-refractivity contribution in [1.29, 1.82) is 0 Å². The van der Waals surface area contributed by atoms with Crippen LogP contribution >= 0.6 is 27.7 Å². The highest BCUT2D eigenvalue weighted by molar-refractivity contribution is 9.10. The third-order valence-corrected chi connectivity index (χ3v) is 5.98. The first-order valence-electron chi connectivity index (χ1n) is 6.85. The molecule has 1 amide bonds. The fourth-order valence-electron chi connectivity index (χ4n) is 2.63. The minimum Gasteiger partial charge on any atom is -0.351 e. The van der Waals surface area contributed by atoms with E-state index in [1.807, 2.05) is 11.8 Å². The maximum absolute atomic E-state index is 13.2. The molecule has 1 aliphatic rings. The first kappa shape index (κ1) is 15.8. The normalized spacial score (nSPS) is 17.8. The van der Waals surface area contributed by atoms with E-state index in [0.29, 0.717) is 16.6 Å². The van der Waals surface area contributed by atoms with E-state index in [1.165, 1.54) is 37.5 Å². The number of hydrogen-bond acceptors (Lipinski definition) is 2. The maximum Gasteiger partial charge on any atom is 0.251 e. The Bertz CT molecular complexity index is 489. The van der Waals surface area contributed by atoms with Gasteiger partial charge in [0.1, 0.15) is 5.82 Å². The largest absolute Gasteiger partial charge is 0.351 e. The highest BCUT2D eigenvalue weighted by atomic mass is 79.9. The van der Waals surface area contributed by atoms with Gasteiger partial charge in [-0.2, -0.15) is 11.8 Å². The number of thioether (sulfide) groups is 1. The minimum atomic E-state index is -0.352. The van der Waals surface area contributed by atoms with Crippen molar-refractivity contribution in [2.45, 2.75) is 36.9 Å². The van der Waals surface area contributed by atoms with Crippen LogP contribution in [-0.4, -0.2) is 23.5 Å². The molecule has 0 aliphatic heterocycles. The predicted molar refractivity (Wildman–Crippen MR) is 85.8 cm³/mol. The summed E-state index contributed by atoms with van der Waals surface area (Å²) < 4.78 is 13.7. The van der Waals surface area contributed by atoms with E-state index < -0.39 is 0 Å². The van der Waals surface area contributed by atoms with Crippen molar-refractivity contribution < 1.29 is 9.18 Å². The summed E-state index contributed by atoms with van der Waals surface area (Å²) in [5.41, 5.74) is 0.491. The van der Waals surface area contributed by atoms with Gasteiger partial charge in [-0.05, 0) is 53.2 Å². The van der Waals surface area contributed by atoms with Gasteiger partial charge in [-0.25, -0.2) is 4.39 Å². The summed E-state index contributed by atoms with van der Waals surface area (Å²) in [5, 5.41) is 3.00. The third kappa shape index (κ3) is 3.76. The summed E-state index contributed by atoms with van der Waals surface area (Å²) in [4.78, 5) is 12.1. The molecule has 1 fully saturated rings. The first-order valence-corrected chi connectivity index (χ1v) is 8.86. The Kier molecular flexibility index (Phi) is 5.49. The Morgan fingerprint density at radius 1 is 1.40 bits per heavy atom. The molecule has 0 bridgehead atoms. The first-order chi connectivity index (χ1) is 9.56. The fraction of sp³-hybridized carbons (Fsp3) is 0.533. The molecular formula is C15H19BrFNOS. The molecule has 0 heterocycles. The van der Waals surface area contributed by atoms with Gasteiger partial charge in [0.05, 0.1) is 4.47 Å². The molecule has 20 heavy (non-hydrogen) atoms. The van der Waals surface area contributed by atoms with Gasteiger partial charge in [0.2, 0.25) is 0 Å². The summed E-state index contributed by atoms with van der Waals surface area (Å²) in [7, 11) is 0. The van der Waals surface area contributed by atoms with E-state index in [4.69, 9.17) is 0 Å². The molecule has 0 spiro atoms. The van der Waals surface area contributed by atoms with E-state index in [2.05, 4.69) is 27.5 Å². The monoisotopic (exact) mass is 359 g/mol. The van der Waals surface area contributed by atoms with Crippen molar-refractivity contribution in [3.05, 3.63) is 34.1 Å². The molecule has 0 unspecified atom stereocenters. The average Bonchev–Trinajstić information content (AvgIpc) is 2.48. The van der Waals surface area contributed by atoms with E-state index in [0.717, 1.165) is 12.8 Å². The molecule has 1 aromatic rings. The van der Waals surface area contributed by atoms with Crippen molar-refractivity contribution >= 4 is 33.6 Å². The van der Waals surface area contributed by atoms with Gasteiger partial charge < -0.3 is 5.32 Å². The van der Waals surface area contributed by atoms with Crippen LogP contribution in [0.3, 0.4) is 0 Å². The van der Waals surface area contributed by atoms with Crippen LogP contribution in [0.25, 0.3) is 0 Å². The van der Waals surface area contributed by atoms with Crippen molar-refractivity contribution in [3.8, 4) is 0 Å². The van der Waals surface area contributed by atoms with Crippen LogP contribution in [0.2, 0.25) is 0 Å². The summed E-state index contributed by atoms with van der Waals surface area (Å²) in [5.74, 6) is -0.487. The molecule has 0 aromatic heterocycles. The highest BCUT2D eigenvalue weighted by Crippen LogP contribution is 2.38. The lowest BCUT2D eigenvalue weighted by atomic mass is 9.88. The van der Waals surface area contributed by atoms with Crippen molar-refractivity contribution in [1.82, 2.24) is 5.32 Å². The predicted octanol–water partition coefficient (Wildman–Crippen LogP) is 4.38. The summed E-state index contributed by atoms with van der Waals surface area (Å²) in [6.07, 6.45) is 8.19. The molecule has 1 aliphatic carbocycles. The SMILES string of the molecule is CSC1(CNC(=O)c2ccc(F)c(Br)c2)CCCCC1. The number of amides is 1.